The first kappa shape index (κ1) is 16.7. The number of carbonyl (C=O) groups is 2. The summed E-state index contributed by atoms with van der Waals surface area (Å²) in [5.74, 6) is -0.867. The Morgan fingerprint density at radius 1 is 1.50 bits per heavy atom. The zero-order valence-corrected chi connectivity index (χ0v) is 12.3. The van der Waals surface area contributed by atoms with Crippen molar-refractivity contribution in [1.82, 2.24) is 10.2 Å². The van der Waals surface area contributed by atoms with E-state index in [0.29, 0.717) is 19.1 Å². The van der Waals surface area contributed by atoms with Crippen LogP contribution in [0.1, 0.15) is 26.7 Å². The Labute approximate surface area is 118 Å². The van der Waals surface area contributed by atoms with Crippen LogP contribution >= 0.6 is 0 Å². The molecule has 1 aliphatic carbocycles. The number of amides is 2. The monoisotopic (exact) mass is 288 g/mol. The molecule has 1 fully saturated rings. The SMILES string of the molecule is COCCN(C(=O)NCC(C)(O)C(=O)O)C(C)C1CC1. The van der Waals surface area contributed by atoms with Crippen molar-refractivity contribution in [3.8, 4) is 0 Å². The molecule has 0 aliphatic heterocycles. The lowest BCUT2D eigenvalue weighted by Gasteiger charge is -2.30. The molecule has 20 heavy (non-hydrogen) atoms. The average Bonchev–Trinajstić information content (AvgIpc) is 3.20. The van der Waals surface area contributed by atoms with Crippen molar-refractivity contribution in [3.05, 3.63) is 0 Å². The molecule has 116 valence electrons. The van der Waals surface area contributed by atoms with Gasteiger partial charge in [-0.25, -0.2) is 9.59 Å². The molecule has 7 heteroatoms. The van der Waals surface area contributed by atoms with Crippen LogP contribution in [0.4, 0.5) is 4.79 Å². The Kier molecular flexibility index (Phi) is 5.76. The number of aliphatic hydroxyl groups is 1. The maximum absolute atomic E-state index is 12.1. The first-order valence-corrected chi connectivity index (χ1v) is 6.78. The van der Waals surface area contributed by atoms with E-state index in [2.05, 4.69) is 5.32 Å². The minimum absolute atomic E-state index is 0.0833. The molecule has 0 heterocycles. The number of hydrogen-bond acceptors (Lipinski definition) is 4. The Hall–Kier alpha value is -1.34. The van der Waals surface area contributed by atoms with Gasteiger partial charge in [-0.1, -0.05) is 0 Å². The number of aliphatic carboxylic acids is 1. The van der Waals surface area contributed by atoms with Gasteiger partial charge in [-0.3, -0.25) is 0 Å². The van der Waals surface area contributed by atoms with Crippen LogP contribution < -0.4 is 5.32 Å². The maximum atomic E-state index is 12.1. The van der Waals surface area contributed by atoms with Crippen molar-refractivity contribution in [2.75, 3.05) is 26.8 Å². The molecule has 1 saturated carbocycles. The number of hydrogen-bond donors (Lipinski definition) is 3. The summed E-state index contributed by atoms with van der Waals surface area (Å²) in [4.78, 5) is 24.6. The lowest BCUT2D eigenvalue weighted by molar-refractivity contribution is -0.155. The number of methoxy groups -OCH3 is 1. The molecule has 0 saturated heterocycles. The molecule has 2 unspecified atom stereocenters. The third kappa shape index (κ3) is 4.64. The maximum Gasteiger partial charge on any atom is 0.337 e. The van der Waals surface area contributed by atoms with E-state index in [1.165, 1.54) is 0 Å². The van der Waals surface area contributed by atoms with Gasteiger partial charge in [-0.2, -0.15) is 0 Å². The summed E-state index contributed by atoms with van der Waals surface area (Å²) < 4.78 is 4.99. The standard InChI is InChI=1S/C13H24N2O5/c1-9(10-4-5-10)15(6-7-20-3)12(18)14-8-13(2,19)11(16)17/h9-10,19H,4-8H2,1-3H3,(H,14,18)(H,16,17). The quantitative estimate of drug-likeness (QED) is 0.596. The fourth-order valence-corrected chi connectivity index (χ4v) is 1.94. The molecule has 0 aromatic heterocycles. The lowest BCUT2D eigenvalue weighted by atomic mass is 10.1. The molecule has 0 spiro atoms. The highest BCUT2D eigenvalue weighted by atomic mass is 16.5. The van der Waals surface area contributed by atoms with Crippen molar-refractivity contribution in [3.63, 3.8) is 0 Å². The van der Waals surface area contributed by atoms with Gasteiger partial charge in [0.05, 0.1) is 13.2 Å². The highest BCUT2D eigenvalue weighted by Crippen LogP contribution is 2.35. The number of rotatable bonds is 8. The van der Waals surface area contributed by atoms with Crippen LogP contribution in [0.3, 0.4) is 0 Å². The number of nitrogens with zero attached hydrogens (tertiary/aromatic N) is 1. The van der Waals surface area contributed by atoms with E-state index in [1.54, 1.807) is 12.0 Å². The summed E-state index contributed by atoms with van der Waals surface area (Å²) in [5, 5.41) is 20.9. The first-order valence-electron chi connectivity index (χ1n) is 6.78. The van der Waals surface area contributed by atoms with E-state index >= 15 is 0 Å². The minimum Gasteiger partial charge on any atom is -0.479 e. The van der Waals surface area contributed by atoms with Gasteiger partial charge >= 0.3 is 12.0 Å². The summed E-state index contributed by atoms with van der Waals surface area (Å²) in [6, 6.07) is -0.289. The predicted octanol–water partition coefficient (Wildman–Crippen LogP) is 0.279. The molecule has 2 atom stereocenters. The number of carbonyl (C=O) groups excluding carboxylic acids is 1. The largest absolute Gasteiger partial charge is 0.479 e. The van der Waals surface area contributed by atoms with Gasteiger partial charge in [0.25, 0.3) is 0 Å². The predicted molar refractivity (Wildman–Crippen MR) is 72.4 cm³/mol. The summed E-state index contributed by atoms with van der Waals surface area (Å²) in [5.41, 5.74) is -1.97. The third-order valence-corrected chi connectivity index (χ3v) is 3.64. The van der Waals surface area contributed by atoms with E-state index in [4.69, 9.17) is 9.84 Å². The molecule has 7 nitrogen and oxygen atoms in total. The van der Waals surface area contributed by atoms with E-state index in [0.717, 1.165) is 19.8 Å². The summed E-state index contributed by atoms with van der Waals surface area (Å²) >= 11 is 0. The number of urea groups is 1. The molecule has 1 rings (SSSR count). The number of carboxylic acids is 1. The Morgan fingerprint density at radius 3 is 2.55 bits per heavy atom. The molecule has 0 bridgehead atoms. The topological polar surface area (TPSA) is 99.1 Å². The van der Waals surface area contributed by atoms with Crippen molar-refractivity contribution in [1.29, 1.82) is 0 Å². The van der Waals surface area contributed by atoms with Crippen LogP contribution in [0.5, 0.6) is 0 Å². The Bertz CT molecular complexity index is 355. The van der Waals surface area contributed by atoms with E-state index < -0.39 is 11.6 Å². The van der Waals surface area contributed by atoms with Crippen LogP contribution in [0.25, 0.3) is 0 Å². The van der Waals surface area contributed by atoms with Crippen LogP contribution in [-0.2, 0) is 9.53 Å². The molecule has 0 radical (unpaired) electrons. The Morgan fingerprint density at radius 2 is 2.10 bits per heavy atom. The van der Waals surface area contributed by atoms with Crippen molar-refractivity contribution >= 4 is 12.0 Å². The second-order valence-electron chi connectivity index (χ2n) is 5.50. The molecule has 0 aromatic rings. The van der Waals surface area contributed by atoms with Gasteiger partial charge in [0.1, 0.15) is 0 Å². The average molecular weight is 288 g/mol. The van der Waals surface area contributed by atoms with Crippen LogP contribution in [0, 0.1) is 5.92 Å². The molecule has 0 aromatic carbocycles. The van der Waals surface area contributed by atoms with Crippen LogP contribution in [-0.4, -0.2) is 65.6 Å². The number of nitrogens with one attached hydrogen (secondary N) is 1. The molecule has 2 amide bonds. The van der Waals surface area contributed by atoms with Crippen LogP contribution in [0.15, 0.2) is 0 Å². The van der Waals surface area contributed by atoms with E-state index in [1.807, 2.05) is 6.92 Å². The molecular weight excluding hydrogens is 264 g/mol. The smallest absolute Gasteiger partial charge is 0.337 e. The molecular formula is C13H24N2O5. The van der Waals surface area contributed by atoms with E-state index in [9.17, 15) is 14.7 Å². The van der Waals surface area contributed by atoms with Gasteiger partial charge < -0.3 is 25.2 Å². The van der Waals surface area contributed by atoms with Gasteiger partial charge in [0.2, 0.25) is 0 Å². The lowest BCUT2D eigenvalue weighted by Crippen LogP contribution is -2.53. The van der Waals surface area contributed by atoms with Crippen molar-refractivity contribution < 1.29 is 24.5 Å². The van der Waals surface area contributed by atoms with Gasteiger partial charge in [0.15, 0.2) is 5.60 Å². The Balaban J connectivity index is 2.56. The molecule has 3 N–H and O–H groups in total. The van der Waals surface area contributed by atoms with E-state index in [-0.39, 0.29) is 18.6 Å². The molecule has 1 aliphatic rings. The van der Waals surface area contributed by atoms with Gasteiger partial charge in [-0.05, 0) is 32.6 Å². The second-order valence-corrected chi connectivity index (χ2v) is 5.50. The summed E-state index contributed by atoms with van der Waals surface area (Å²) in [6.45, 7) is 3.65. The highest BCUT2D eigenvalue weighted by Gasteiger charge is 2.35. The van der Waals surface area contributed by atoms with Crippen LogP contribution in [0.2, 0.25) is 0 Å². The fourth-order valence-electron chi connectivity index (χ4n) is 1.94. The zero-order valence-electron chi connectivity index (χ0n) is 12.3. The third-order valence-electron chi connectivity index (χ3n) is 3.64. The van der Waals surface area contributed by atoms with Crippen molar-refractivity contribution in [2.24, 2.45) is 5.92 Å². The van der Waals surface area contributed by atoms with Gasteiger partial charge in [0, 0.05) is 19.7 Å². The first-order chi connectivity index (χ1) is 9.29. The number of ether oxygens (including phenoxy) is 1. The normalized spacial score (nSPS) is 19.0. The summed E-state index contributed by atoms with van der Waals surface area (Å²) in [6.07, 6.45) is 2.20. The summed E-state index contributed by atoms with van der Waals surface area (Å²) in [7, 11) is 1.56. The second kappa shape index (κ2) is 6.90. The van der Waals surface area contributed by atoms with Gasteiger partial charge in [-0.15, -0.1) is 0 Å². The highest BCUT2D eigenvalue weighted by molar-refractivity contribution is 5.79. The fraction of sp³-hybridized carbons (Fsp3) is 0.846. The van der Waals surface area contributed by atoms with Crippen molar-refractivity contribution in [2.45, 2.75) is 38.3 Å². The zero-order chi connectivity index (χ0) is 15.3. The minimum atomic E-state index is -1.97. The number of carboxylic acid groups (broad SMARTS) is 1.